The fourth-order valence-electron chi connectivity index (χ4n) is 5.39. The fraction of sp³-hybridized carbons (Fsp3) is 0.270. The number of urea groups is 1. The molecule has 1 unspecified atom stereocenters. The first kappa shape index (κ1) is 39.0. The lowest BCUT2D eigenvalue weighted by Gasteiger charge is -2.27. The number of benzene rings is 4. The van der Waals surface area contributed by atoms with Crippen LogP contribution in [0.3, 0.4) is 0 Å². The first-order valence-electron chi connectivity index (χ1n) is 16.1. The maximum Gasteiger partial charge on any atom is 0.330 e. The number of hydrogen-bond acceptors (Lipinski definition) is 9. The van der Waals surface area contributed by atoms with Crippen molar-refractivity contribution in [3.05, 3.63) is 108 Å². The molecular formula is C37H43N5O9S. The lowest BCUT2D eigenvalue weighted by Crippen LogP contribution is -2.57. The average Bonchev–Trinajstić information content (AvgIpc) is 3.16. The van der Waals surface area contributed by atoms with E-state index in [-0.39, 0.29) is 24.3 Å². The van der Waals surface area contributed by atoms with Crippen LogP contribution in [0, 0.1) is 0 Å². The molecule has 0 heterocycles. The molecule has 4 aromatic rings. The molecule has 0 fully saturated rings. The van der Waals surface area contributed by atoms with Gasteiger partial charge in [-0.25, -0.2) is 9.52 Å². The molecule has 3 N–H and O–H groups in total. The molecule has 0 aliphatic rings. The minimum atomic E-state index is -4.69. The van der Waals surface area contributed by atoms with Gasteiger partial charge in [-0.1, -0.05) is 60.7 Å². The van der Waals surface area contributed by atoms with Gasteiger partial charge < -0.3 is 34.1 Å². The van der Waals surface area contributed by atoms with E-state index in [1.54, 1.807) is 98.0 Å². The number of carbonyl (C=O) groups is 3. The van der Waals surface area contributed by atoms with Crippen molar-refractivity contribution < 1.29 is 41.7 Å². The zero-order chi connectivity index (χ0) is 37.8. The minimum absolute atomic E-state index is 0.0568. The molecule has 0 saturated heterocycles. The number of nitrogens with one attached hydrogen (secondary N) is 3. The van der Waals surface area contributed by atoms with E-state index in [1.807, 2.05) is 10.8 Å². The molecule has 276 valence electrons. The van der Waals surface area contributed by atoms with Crippen LogP contribution in [0.5, 0.6) is 23.0 Å². The summed E-state index contributed by atoms with van der Waals surface area (Å²) < 4.78 is 52.7. The third-order valence-electron chi connectivity index (χ3n) is 8.15. The van der Waals surface area contributed by atoms with E-state index in [1.165, 1.54) is 45.3 Å². The van der Waals surface area contributed by atoms with Gasteiger partial charge >= 0.3 is 16.2 Å². The highest BCUT2D eigenvalue weighted by atomic mass is 32.2. The van der Waals surface area contributed by atoms with E-state index < -0.39 is 40.1 Å². The Kier molecular flexibility index (Phi) is 13.4. The Hall–Kier alpha value is -5.80. The van der Waals surface area contributed by atoms with Gasteiger partial charge in [0.1, 0.15) is 17.8 Å². The Morgan fingerprint density at radius 3 is 1.60 bits per heavy atom. The Morgan fingerprint density at radius 1 is 0.635 bits per heavy atom. The van der Waals surface area contributed by atoms with Crippen LogP contribution in [0.2, 0.25) is 0 Å². The van der Waals surface area contributed by atoms with Gasteiger partial charge in [0.05, 0.1) is 34.1 Å². The van der Waals surface area contributed by atoms with Crippen molar-refractivity contribution in [3.63, 3.8) is 0 Å². The quantitative estimate of drug-likeness (QED) is 0.156. The Bertz CT molecular complexity index is 1900. The maximum absolute atomic E-state index is 14.0. The number of ether oxygens (including phenoxy) is 4. The van der Waals surface area contributed by atoms with Crippen LogP contribution in [-0.2, 0) is 32.6 Å². The highest BCUT2D eigenvalue weighted by molar-refractivity contribution is 7.88. The summed E-state index contributed by atoms with van der Waals surface area (Å²) in [5.74, 6) is 0.324. The highest BCUT2D eigenvalue weighted by Gasteiger charge is 2.32. The van der Waals surface area contributed by atoms with Crippen molar-refractivity contribution >= 4 is 39.4 Å². The second-order valence-electron chi connectivity index (χ2n) is 11.6. The van der Waals surface area contributed by atoms with Crippen molar-refractivity contribution in [2.75, 3.05) is 52.3 Å². The summed E-state index contributed by atoms with van der Waals surface area (Å²) in [7, 11) is 4.16. The van der Waals surface area contributed by atoms with Gasteiger partial charge in [-0.15, -0.1) is 0 Å². The summed E-state index contributed by atoms with van der Waals surface area (Å²) in [6.45, 7) is 0. The second kappa shape index (κ2) is 17.9. The molecule has 4 amide bonds. The molecule has 2 atom stereocenters. The predicted octanol–water partition coefficient (Wildman–Crippen LogP) is 3.70. The van der Waals surface area contributed by atoms with Crippen LogP contribution in [-0.4, -0.2) is 80.9 Å². The molecule has 4 rings (SSSR count). The number of nitrogens with zero attached hydrogens (tertiary/aromatic N) is 2. The third kappa shape index (κ3) is 10.1. The summed E-state index contributed by atoms with van der Waals surface area (Å²) in [6, 6.07) is 23.9. The number of hydrogen-bond donors (Lipinski definition) is 3. The Morgan fingerprint density at radius 2 is 1.12 bits per heavy atom. The van der Waals surface area contributed by atoms with E-state index in [4.69, 9.17) is 18.9 Å². The fourth-order valence-corrected chi connectivity index (χ4v) is 6.31. The molecule has 14 nitrogen and oxygen atoms in total. The summed E-state index contributed by atoms with van der Waals surface area (Å²) in [5, 5.41) is 2.51. The van der Waals surface area contributed by atoms with Crippen molar-refractivity contribution in [1.82, 2.24) is 14.8 Å². The third-order valence-corrected chi connectivity index (χ3v) is 9.20. The van der Waals surface area contributed by atoms with E-state index in [0.717, 1.165) is 5.56 Å². The number of amides is 4. The van der Waals surface area contributed by atoms with Crippen LogP contribution >= 0.6 is 0 Å². The van der Waals surface area contributed by atoms with Crippen LogP contribution in [0.4, 0.5) is 16.2 Å². The molecule has 15 heteroatoms. The predicted molar refractivity (Wildman–Crippen MR) is 198 cm³/mol. The number of carbonyl (C=O) groups excluding carboxylic acids is 3. The summed E-state index contributed by atoms with van der Waals surface area (Å²) in [5.41, 5.74) is 2.24. The van der Waals surface area contributed by atoms with Crippen molar-refractivity contribution in [1.29, 1.82) is 0 Å². The van der Waals surface area contributed by atoms with Crippen molar-refractivity contribution in [3.8, 4) is 23.0 Å². The summed E-state index contributed by atoms with van der Waals surface area (Å²) in [6.07, 6.45) is 0.00844. The van der Waals surface area contributed by atoms with Gasteiger partial charge in [0.15, 0.2) is 11.5 Å². The van der Waals surface area contributed by atoms with Gasteiger partial charge in [-0.2, -0.15) is 13.1 Å². The molecule has 0 bridgehead atoms. The summed E-state index contributed by atoms with van der Waals surface area (Å²) in [4.78, 5) is 43.6. The molecule has 0 aliphatic heterocycles. The maximum atomic E-state index is 14.0. The normalized spacial score (nSPS) is 12.1. The van der Waals surface area contributed by atoms with Gasteiger partial charge in [-0.05, 0) is 41.8 Å². The minimum Gasteiger partial charge on any atom is -0.497 e. The second-order valence-corrected chi connectivity index (χ2v) is 13.0. The standard InChI is InChI=1S/C37H43N5O9S/c1-41(27-17-19-29(48-3)20-18-27)35(43)30(21-25-13-9-7-10-14-25)38-37(45)40-52(46,47)39-31(22-26-15-11-8-12-16-26)36(44)42(2)28-23-32(49-4)34(51-6)33(24-28)50-5/h7-20,23-24,30-31,39H,21-22H2,1-6H3,(H2,38,40,45)/t30?,31-/m0/s1. The first-order chi connectivity index (χ1) is 24.9. The number of rotatable bonds is 16. The molecule has 0 spiro atoms. The molecule has 4 aromatic carbocycles. The largest absolute Gasteiger partial charge is 0.497 e. The zero-order valence-corrected chi connectivity index (χ0v) is 30.6. The smallest absolute Gasteiger partial charge is 0.330 e. The molecule has 0 aliphatic carbocycles. The van der Waals surface area contributed by atoms with Crippen LogP contribution < -0.4 is 43.5 Å². The molecule has 0 aromatic heterocycles. The van der Waals surface area contributed by atoms with Crippen molar-refractivity contribution in [2.24, 2.45) is 0 Å². The lowest BCUT2D eigenvalue weighted by molar-refractivity contribution is -0.120. The van der Waals surface area contributed by atoms with Gasteiger partial charge in [0, 0.05) is 38.3 Å². The van der Waals surface area contributed by atoms with E-state index >= 15 is 0 Å². The Labute approximate surface area is 303 Å². The average molecular weight is 734 g/mol. The number of anilines is 2. The van der Waals surface area contributed by atoms with E-state index in [9.17, 15) is 22.8 Å². The first-order valence-corrected chi connectivity index (χ1v) is 17.6. The van der Waals surface area contributed by atoms with Gasteiger partial charge in [0.25, 0.3) is 0 Å². The molecule has 0 saturated carbocycles. The zero-order valence-electron chi connectivity index (χ0n) is 29.8. The monoisotopic (exact) mass is 733 g/mol. The number of methoxy groups -OCH3 is 4. The van der Waals surface area contributed by atoms with Gasteiger partial charge in [0.2, 0.25) is 17.6 Å². The topological polar surface area (TPSA) is 165 Å². The van der Waals surface area contributed by atoms with Crippen LogP contribution in [0.1, 0.15) is 11.1 Å². The van der Waals surface area contributed by atoms with Gasteiger partial charge in [-0.3, -0.25) is 9.59 Å². The van der Waals surface area contributed by atoms with E-state index in [2.05, 4.69) is 10.0 Å². The summed E-state index contributed by atoms with van der Waals surface area (Å²) >= 11 is 0. The SMILES string of the molecule is COc1ccc(N(C)C(=O)C(Cc2ccccc2)NC(=O)NS(=O)(=O)N[C@@H](Cc2ccccc2)C(=O)N(C)c2cc(OC)c(OC)c(OC)c2)cc1. The van der Waals surface area contributed by atoms with Crippen LogP contribution in [0.25, 0.3) is 0 Å². The number of likely N-dealkylation sites (N-methyl/N-ethyl adjacent to an activating group) is 2. The van der Waals surface area contributed by atoms with Crippen molar-refractivity contribution in [2.45, 2.75) is 24.9 Å². The van der Waals surface area contributed by atoms with Crippen LogP contribution in [0.15, 0.2) is 97.1 Å². The molecular weight excluding hydrogens is 690 g/mol. The lowest BCUT2D eigenvalue weighted by atomic mass is 10.0. The highest BCUT2D eigenvalue weighted by Crippen LogP contribution is 2.41. The molecule has 0 radical (unpaired) electrons. The molecule has 52 heavy (non-hydrogen) atoms. The van der Waals surface area contributed by atoms with E-state index in [0.29, 0.717) is 28.4 Å². The Balaban J connectivity index is 1.57.